The zero-order chi connectivity index (χ0) is 34.1. The van der Waals surface area contributed by atoms with Gasteiger partial charge in [-0.15, -0.1) is 0 Å². The summed E-state index contributed by atoms with van der Waals surface area (Å²) in [6.45, 7) is 2.08. The van der Waals surface area contributed by atoms with Crippen LogP contribution in [0.2, 0.25) is 0 Å². The van der Waals surface area contributed by atoms with Gasteiger partial charge in [-0.2, -0.15) is 4.58 Å². The van der Waals surface area contributed by atoms with Gasteiger partial charge in [0.1, 0.15) is 11.7 Å². The molecule has 51 heavy (non-hydrogen) atoms. The van der Waals surface area contributed by atoms with Gasteiger partial charge in [0.25, 0.3) is 0 Å². The average molecular weight is 659 g/mol. The van der Waals surface area contributed by atoms with E-state index in [-0.39, 0.29) is 12.1 Å². The second-order valence-electron chi connectivity index (χ2n) is 13.5. The Morgan fingerprint density at radius 1 is 0.902 bits per heavy atom. The van der Waals surface area contributed by atoms with Crippen molar-refractivity contribution in [2.24, 2.45) is 4.99 Å². The molecule has 0 saturated heterocycles. The number of anilines is 2. The van der Waals surface area contributed by atoms with Crippen LogP contribution in [0.1, 0.15) is 18.9 Å². The zero-order valence-electron chi connectivity index (χ0n) is 28.6. The fourth-order valence-corrected chi connectivity index (χ4v) is 8.75. The van der Waals surface area contributed by atoms with E-state index in [0.717, 1.165) is 34.4 Å². The Morgan fingerprint density at radius 3 is 2.63 bits per heavy atom. The molecular formula is C46H36N5+. The van der Waals surface area contributed by atoms with Crippen LogP contribution in [-0.4, -0.2) is 36.0 Å². The van der Waals surface area contributed by atoms with Crippen molar-refractivity contribution in [3.8, 4) is 11.1 Å². The third-order valence-electron chi connectivity index (χ3n) is 10.9. The molecule has 1 aromatic heterocycles. The van der Waals surface area contributed by atoms with E-state index in [2.05, 4.69) is 165 Å². The van der Waals surface area contributed by atoms with Crippen LogP contribution in [0.4, 0.5) is 22.7 Å². The molecule has 3 aromatic carbocycles. The molecule has 0 spiro atoms. The Hall–Kier alpha value is -6.33. The van der Waals surface area contributed by atoms with E-state index >= 15 is 0 Å². The largest absolute Gasteiger partial charge is 0.330 e. The third-order valence-corrected chi connectivity index (χ3v) is 10.9. The monoisotopic (exact) mass is 658 g/mol. The number of hydrogen-bond acceptors (Lipinski definition) is 4. The highest BCUT2D eigenvalue weighted by atomic mass is 15.3. The summed E-state index contributed by atoms with van der Waals surface area (Å²) >= 11 is 0. The maximum Gasteiger partial charge on any atom is 0.235 e. The molecule has 4 heterocycles. The number of rotatable bonds is 5. The number of aromatic nitrogens is 1. The SMILES string of the molecule is CC=C(C=NC)c1cc(-c2cccnc2)cc([N+]2=C3C=CC=C4C5=C(CC6=C7C=CC=CC7N(c7ccccc7)C6=C5)N(c5ccccc52)C43)c1. The zero-order valence-corrected chi connectivity index (χ0v) is 28.6. The molecule has 5 nitrogen and oxygen atoms in total. The molecule has 0 radical (unpaired) electrons. The van der Waals surface area contributed by atoms with Gasteiger partial charge in [-0.1, -0.05) is 78.9 Å². The van der Waals surface area contributed by atoms with Crippen LogP contribution in [0.3, 0.4) is 0 Å². The molecule has 2 atom stereocenters. The molecule has 2 unspecified atom stereocenters. The van der Waals surface area contributed by atoms with Gasteiger partial charge in [0.2, 0.25) is 17.1 Å². The van der Waals surface area contributed by atoms with Crippen molar-refractivity contribution in [1.29, 1.82) is 0 Å². The lowest BCUT2D eigenvalue weighted by Gasteiger charge is -2.35. The molecule has 244 valence electrons. The first-order valence-electron chi connectivity index (χ1n) is 17.7. The van der Waals surface area contributed by atoms with Gasteiger partial charge < -0.3 is 9.80 Å². The van der Waals surface area contributed by atoms with Gasteiger partial charge in [-0.25, -0.2) is 0 Å². The van der Waals surface area contributed by atoms with E-state index < -0.39 is 0 Å². The lowest BCUT2D eigenvalue weighted by molar-refractivity contribution is 0.851. The fourth-order valence-electron chi connectivity index (χ4n) is 8.75. The Morgan fingerprint density at radius 2 is 1.78 bits per heavy atom. The van der Waals surface area contributed by atoms with Crippen molar-refractivity contribution in [3.63, 3.8) is 0 Å². The topological polar surface area (TPSA) is 34.7 Å². The van der Waals surface area contributed by atoms with Crippen LogP contribution in [0.5, 0.6) is 0 Å². The molecular weight excluding hydrogens is 623 g/mol. The first kappa shape index (κ1) is 29.6. The lowest BCUT2D eigenvalue weighted by atomic mass is 9.88. The number of para-hydroxylation sites is 3. The van der Waals surface area contributed by atoms with Crippen molar-refractivity contribution in [2.45, 2.75) is 25.4 Å². The molecule has 3 aliphatic carbocycles. The van der Waals surface area contributed by atoms with E-state index in [1.165, 1.54) is 56.5 Å². The number of allylic oxidation sites excluding steroid dienone is 9. The molecule has 4 aromatic rings. The molecule has 0 saturated carbocycles. The van der Waals surface area contributed by atoms with Crippen LogP contribution in [0.25, 0.3) is 16.7 Å². The van der Waals surface area contributed by atoms with Crippen LogP contribution in [0.15, 0.2) is 191 Å². The first-order chi connectivity index (χ1) is 25.2. The minimum absolute atomic E-state index is 0.0582. The smallest absolute Gasteiger partial charge is 0.235 e. The molecule has 0 bridgehead atoms. The van der Waals surface area contributed by atoms with Gasteiger partial charge in [0, 0.05) is 84.6 Å². The third kappa shape index (κ3) is 4.44. The first-order valence-corrected chi connectivity index (χ1v) is 17.7. The Labute approximate surface area is 298 Å². The summed E-state index contributed by atoms with van der Waals surface area (Å²) < 4.78 is 2.48. The molecule has 0 fully saturated rings. The van der Waals surface area contributed by atoms with Gasteiger partial charge in [0.05, 0.1) is 6.04 Å². The number of benzene rings is 3. The summed E-state index contributed by atoms with van der Waals surface area (Å²) in [4.78, 5) is 14.0. The lowest BCUT2D eigenvalue weighted by Crippen LogP contribution is -2.45. The van der Waals surface area contributed by atoms with Gasteiger partial charge >= 0.3 is 0 Å². The number of fused-ring (bicyclic) bond motifs is 6. The number of aliphatic imine (C=N–C) groups is 1. The van der Waals surface area contributed by atoms with E-state index in [1.807, 2.05) is 31.7 Å². The normalized spacial score (nSPS) is 21.2. The minimum atomic E-state index is 0.0582. The maximum atomic E-state index is 4.47. The average Bonchev–Trinajstić information content (AvgIpc) is 3.69. The van der Waals surface area contributed by atoms with Crippen molar-refractivity contribution >= 4 is 40.2 Å². The van der Waals surface area contributed by atoms with Crippen LogP contribution < -0.4 is 14.4 Å². The van der Waals surface area contributed by atoms with Gasteiger partial charge in [-0.05, 0) is 76.8 Å². The van der Waals surface area contributed by atoms with Crippen molar-refractivity contribution in [2.75, 3.05) is 16.8 Å². The van der Waals surface area contributed by atoms with Crippen molar-refractivity contribution in [3.05, 3.63) is 191 Å². The highest BCUT2D eigenvalue weighted by molar-refractivity contribution is 6.14. The molecule has 6 aliphatic rings. The Bertz CT molecular complexity index is 2460. The summed E-state index contributed by atoms with van der Waals surface area (Å²) in [7, 11) is 1.83. The molecule has 5 heteroatoms. The van der Waals surface area contributed by atoms with Crippen LogP contribution in [-0.2, 0) is 0 Å². The van der Waals surface area contributed by atoms with Crippen molar-refractivity contribution < 1.29 is 0 Å². The molecule has 10 rings (SSSR count). The summed E-state index contributed by atoms with van der Waals surface area (Å²) in [5.74, 6) is 0. The molecule has 0 N–H and O–H groups in total. The number of pyridine rings is 1. The van der Waals surface area contributed by atoms with Crippen LogP contribution >= 0.6 is 0 Å². The van der Waals surface area contributed by atoms with Gasteiger partial charge in [-0.3, -0.25) is 9.98 Å². The predicted molar refractivity (Wildman–Crippen MR) is 212 cm³/mol. The van der Waals surface area contributed by atoms with E-state index in [4.69, 9.17) is 0 Å². The van der Waals surface area contributed by atoms with E-state index in [9.17, 15) is 0 Å². The van der Waals surface area contributed by atoms with Crippen molar-refractivity contribution in [1.82, 2.24) is 9.56 Å². The minimum Gasteiger partial charge on any atom is -0.330 e. The Kier molecular flexibility index (Phi) is 6.75. The highest BCUT2D eigenvalue weighted by Crippen LogP contribution is 2.54. The fraction of sp³-hybridized carbons (Fsp3) is 0.109. The van der Waals surface area contributed by atoms with Crippen LogP contribution in [0, 0.1) is 0 Å². The molecule has 0 amide bonds. The number of nitrogens with zero attached hydrogens (tertiary/aromatic N) is 5. The second-order valence-corrected chi connectivity index (χ2v) is 13.5. The summed E-state index contributed by atoms with van der Waals surface area (Å²) in [6.07, 6.45) is 27.1. The summed E-state index contributed by atoms with van der Waals surface area (Å²) in [5.41, 5.74) is 18.6. The maximum absolute atomic E-state index is 4.47. The predicted octanol–water partition coefficient (Wildman–Crippen LogP) is 9.68. The standard InChI is InChI=1S/C46H36N5/c1-3-30(28-47-2)32-23-33(31-13-12-22-48-29-31)25-35(24-32)50-41-19-9-10-20-42(41)51-45-26-38-36-16-7-8-18-40(36)49(34-14-5-4-6-15-34)44(38)27-39(45)37-17-11-21-43(50)46(37)51/h3-25,27-29,40,46H,26H2,1-2H3/q+1. The second kappa shape index (κ2) is 11.6. The summed E-state index contributed by atoms with van der Waals surface area (Å²) in [6, 6.07) is 31.0. The van der Waals surface area contributed by atoms with E-state index in [0.29, 0.717) is 0 Å². The Balaban J connectivity index is 1.18. The quantitative estimate of drug-likeness (QED) is 0.158. The van der Waals surface area contributed by atoms with E-state index in [1.54, 1.807) is 0 Å². The highest BCUT2D eigenvalue weighted by Gasteiger charge is 2.51. The summed E-state index contributed by atoms with van der Waals surface area (Å²) in [5, 5.41) is 0. The van der Waals surface area contributed by atoms with Gasteiger partial charge in [0.15, 0.2) is 0 Å². The molecule has 3 aliphatic heterocycles. The number of hydrogen-bond donors (Lipinski definition) is 0.